The van der Waals surface area contributed by atoms with E-state index in [1.807, 2.05) is 0 Å². The Labute approximate surface area is 92.1 Å². The second kappa shape index (κ2) is 5.32. The number of aliphatic hydroxyl groups excluding tert-OH is 1. The van der Waals surface area contributed by atoms with Crippen LogP contribution in [0, 0.1) is 0 Å². The first-order valence-electron chi connectivity index (χ1n) is 4.94. The molecule has 0 bridgehead atoms. The lowest BCUT2D eigenvalue weighted by atomic mass is 10.1. The van der Waals surface area contributed by atoms with Crippen molar-refractivity contribution in [2.24, 2.45) is 0 Å². The van der Waals surface area contributed by atoms with Crippen LogP contribution in [0.25, 0.3) is 0 Å². The maximum atomic E-state index is 12.2. The van der Waals surface area contributed by atoms with Gasteiger partial charge in [0, 0.05) is 13.1 Å². The molecule has 2 N–H and O–H groups in total. The molecule has 1 aromatic rings. The molecule has 0 radical (unpaired) electrons. The summed E-state index contributed by atoms with van der Waals surface area (Å²) < 4.78 is 36.7. The van der Waals surface area contributed by atoms with Gasteiger partial charge in [-0.2, -0.15) is 13.2 Å². The van der Waals surface area contributed by atoms with Crippen molar-refractivity contribution in [1.29, 1.82) is 0 Å². The molecule has 0 aliphatic rings. The Morgan fingerprint density at radius 3 is 2.25 bits per heavy atom. The van der Waals surface area contributed by atoms with Crippen molar-refractivity contribution in [3.05, 3.63) is 35.4 Å². The number of rotatable bonds is 4. The van der Waals surface area contributed by atoms with Crippen molar-refractivity contribution in [3.8, 4) is 0 Å². The van der Waals surface area contributed by atoms with Crippen LogP contribution in [0.15, 0.2) is 24.3 Å². The lowest BCUT2D eigenvalue weighted by molar-refractivity contribution is -0.137. The van der Waals surface area contributed by atoms with Crippen molar-refractivity contribution in [3.63, 3.8) is 0 Å². The van der Waals surface area contributed by atoms with Gasteiger partial charge in [0.1, 0.15) is 0 Å². The molecule has 2 nitrogen and oxygen atoms in total. The fraction of sp³-hybridized carbons (Fsp3) is 0.455. The number of hydrogen-bond donors (Lipinski definition) is 2. The highest BCUT2D eigenvalue weighted by molar-refractivity contribution is 5.24. The van der Waals surface area contributed by atoms with Crippen molar-refractivity contribution in [1.82, 2.24) is 5.32 Å². The molecule has 1 atom stereocenters. The molecule has 0 fully saturated rings. The van der Waals surface area contributed by atoms with Crippen LogP contribution in [-0.2, 0) is 12.7 Å². The standard InChI is InChI=1S/C11H14F3NO/c1-8(16)6-15-7-9-2-4-10(5-3-9)11(12,13)14/h2-5,8,15-16H,6-7H2,1H3. The highest BCUT2D eigenvalue weighted by Gasteiger charge is 2.29. The molecule has 0 heterocycles. The highest BCUT2D eigenvalue weighted by atomic mass is 19.4. The summed E-state index contributed by atoms with van der Waals surface area (Å²) in [6.45, 7) is 2.50. The molecule has 0 saturated heterocycles. The van der Waals surface area contributed by atoms with E-state index in [-0.39, 0.29) is 0 Å². The highest BCUT2D eigenvalue weighted by Crippen LogP contribution is 2.28. The number of hydrogen-bond acceptors (Lipinski definition) is 2. The molecule has 0 amide bonds. The number of nitrogens with one attached hydrogen (secondary N) is 1. The summed E-state index contributed by atoms with van der Waals surface area (Å²) in [4.78, 5) is 0. The zero-order chi connectivity index (χ0) is 12.2. The summed E-state index contributed by atoms with van der Waals surface area (Å²) in [7, 11) is 0. The summed E-state index contributed by atoms with van der Waals surface area (Å²) in [6.07, 6.45) is -4.75. The van der Waals surface area contributed by atoms with E-state index in [1.54, 1.807) is 6.92 Å². The Hall–Kier alpha value is -1.07. The molecule has 0 spiro atoms. The van der Waals surface area contributed by atoms with Gasteiger partial charge in [-0.1, -0.05) is 12.1 Å². The number of alkyl halides is 3. The van der Waals surface area contributed by atoms with Crippen LogP contribution in [0.3, 0.4) is 0 Å². The van der Waals surface area contributed by atoms with E-state index in [2.05, 4.69) is 5.32 Å². The second-order valence-corrected chi connectivity index (χ2v) is 3.67. The van der Waals surface area contributed by atoms with E-state index in [4.69, 9.17) is 5.11 Å². The lowest BCUT2D eigenvalue weighted by Gasteiger charge is -2.09. The molecule has 5 heteroatoms. The van der Waals surface area contributed by atoms with Gasteiger partial charge in [0.15, 0.2) is 0 Å². The van der Waals surface area contributed by atoms with Crippen LogP contribution in [0.1, 0.15) is 18.1 Å². The van der Waals surface area contributed by atoms with E-state index in [0.29, 0.717) is 13.1 Å². The average Bonchev–Trinajstić information content (AvgIpc) is 2.16. The van der Waals surface area contributed by atoms with Gasteiger partial charge in [-0.25, -0.2) is 0 Å². The maximum Gasteiger partial charge on any atom is 0.416 e. The Morgan fingerprint density at radius 2 is 1.81 bits per heavy atom. The predicted molar refractivity (Wildman–Crippen MR) is 54.8 cm³/mol. The van der Waals surface area contributed by atoms with Gasteiger partial charge >= 0.3 is 6.18 Å². The maximum absolute atomic E-state index is 12.2. The molecule has 1 unspecified atom stereocenters. The monoisotopic (exact) mass is 233 g/mol. The Morgan fingerprint density at radius 1 is 1.25 bits per heavy atom. The minimum absolute atomic E-state index is 0.418. The van der Waals surface area contributed by atoms with Gasteiger partial charge < -0.3 is 10.4 Å². The zero-order valence-electron chi connectivity index (χ0n) is 8.88. The third-order valence-corrected chi connectivity index (χ3v) is 2.05. The van der Waals surface area contributed by atoms with Crippen LogP contribution < -0.4 is 5.32 Å². The van der Waals surface area contributed by atoms with Crippen LogP contribution in [0.2, 0.25) is 0 Å². The van der Waals surface area contributed by atoms with Crippen molar-refractivity contribution >= 4 is 0 Å². The molecule has 0 aromatic heterocycles. The fourth-order valence-corrected chi connectivity index (χ4v) is 1.24. The van der Waals surface area contributed by atoms with E-state index < -0.39 is 17.8 Å². The molecule has 0 aliphatic heterocycles. The number of halogens is 3. The largest absolute Gasteiger partial charge is 0.416 e. The molecule has 0 saturated carbocycles. The first-order valence-corrected chi connectivity index (χ1v) is 4.94. The summed E-state index contributed by atoms with van der Waals surface area (Å²) >= 11 is 0. The molecular weight excluding hydrogens is 219 g/mol. The molecule has 1 rings (SSSR count). The molecular formula is C11H14F3NO. The van der Waals surface area contributed by atoms with Gasteiger partial charge in [-0.05, 0) is 24.6 Å². The van der Waals surface area contributed by atoms with Crippen LogP contribution in [0.5, 0.6) is 0 Å². The molecule has 16 heavy (non-hydrogen) atoms. The SMILES string of the molecule is CC(O)CNCc1ccc(C(F)(F)F)cc1. The van der Waals surface area contributed by atoms with E-state index in [9.17, 15) is 13.2 Å². The molecule has 0 aliphatic carbocycles. The summed E-state index contributed by atoms with van der Waals surface area (Å²) in [5.74, 6) is 0. The minimum Gasteiger partial charge on any atom is -0.392 e. The summed E-state index contributed by atoms with van der Waals surface area (Å²) in [6, 6.07) is 4.97. The van der Waals surface area contributed by atoms with E-state index >= 15 is 0 Å². The van der Waals surface area contributed by atoms with Gasteiger partial charge in [-0.15, -0.1) is 0 Å². The van der Waals surface area contributed by atoms with Crippen molar-refractivity contribution in [2.45, 2.75) is 25.7 Å². The summed E-state index contributed by atoms with van der Waals surface area (Å²) in [5, 5.41) is 11.9. The second-order valence-electron chi connectivity index (χ2n) is 3.67. The number of benzene rings is 1. The molecule has 90 valence electrons. The van der Waals surface area contributed by atoms with Gasteiger partial charge in [0.25, 0.3) is 0 Å². The van der Waals surface area contributed by atoms with Crippen LogP contribution in [-0.4, -0.2) is 17.8 Å². The smallest absolute Gasteiger partial charge is 0.392 e. The average molecular weight is 233 g/mol. The van der Waals surface area contributed by atoms with E-state index in [0.717, 1.165) is 17.7 Å². The van der Waals surface area contributed by atoms with Gasteiger partial charge in [0.2, 0.25) is 0 Å². The third kappa shape index (κ3) is 4.20. The normalized spacial score (nSPS) is 13.8. The van der Waals surface area contributed by atoms with E-state index in [1.165, 1.54) is 12.1 Å². The van der Waals surface area contributed by atoms with Crippen molar-refractivity contribution in [2.75, 3.05) is 6.54 Å². The lowest BCUT2D eigenvalue weighted by Crippen LogP contribution is -2.23. The first-order chi connectivity index (χ1) is 7.39. The van der Waals surface area contributed by atoms with Crippen LogP contribution in [0.4, 0.5) is 13.2 Å². The minimum atomic E-state index is -4.29. The molecule has 1 aromatic carbocycles. The Kier molecular flexibility index (Phi) is 4.32. The quantitative estimate of drug-likeness (QED) is 0.835. The zero-order valence-corrected chi connectivity index (χ0v) is 8.88. The number of aliphatic hydroxyl groups is 1. The van der Waals surface area contributed by atoms with Gasteiger partial charge in [-0.3, -0.25) is 0 Å². The topological polar surface area (TPSA) is 32.3 Å². The van der Waals surface area contributed by atoms with Crippen LogP contribution >= 0.6 is 0 Å². The fourth-order valence-electron chi connectivity index (χ4n) is 1.24. The Balaban J connectivity index is 2.52. The first kappa shape index (κ1) is 13.0. The Bertz CT molecular complexity index is 319. The van der Waals surface area contributed by atoms with Crippen molar-refractivity contribution < 1.29 is 18.3 Å². The summed E-state index contributed by atoms with van der Waals surface area (Å²) in [5.41, 5.74) is 0.112. The third-order valence-electron chi connectivity index (χ3n) is 2.05. The predicted octanol–water partition coefficient (Wildman–Crippen LogP) is 2.18. The van der Waals surface area contributed by atoms with Gasteiger partial charge in [0.05, 0.1) is 11.7 Å².